The molecule has 0 fully saturated rings. The van der Waals surface area contributed by atoms with E-state index >= 15 is 0 Å². The van der Waals surface area contributed by atoms with Crippen LogP contribution in [0.5, 0.6) is 11.5 Å². The molecule has 1 aliphatic heterocycles. The Morgan fingerprint density at radius 3 is 2.62 bits per heavy atom. The first-order valence-electron chi connectivity index (χ1n) is 4.65. The average molecular weight is 307 g/mol. The molecule has 2 rings (SSSR count). The monoisotopic (exact) mass is 305 g/mol. The van der Waals surface area contributed by atoms with Crippen LogP contribution in [0.2, 0.25) is 5.02 Å². The van der Waals surface area contributed by atoms with Gasteiger partial charge in [-0.1, -0.05) is 27.5 Å². The van der Waals surface area contributed by atoms with Crippen molar-refractivity contribution in [1.82, 2.24) is 0 Å². The molecule has 1 aliphatic rings. The highest BCUT2D eigenvalue weighted by Gasteiger charge is 2.15. The zero-order valence-corrected chi connectivity index (χ0v) is 10.6. The molecule has 86 valence electrons. The summed E-state index contributed by atoms with van der Waals surface area (Å²) in [6, 6.07) is 3.30. The maximum atomic E-state index is 11.2. The quantitative estimate of drug-likeness (QED) is 0.854. The molecule has 1 N–H and O–H groups in total. The lowest BCUT2D eigenvalue weighted by Gasteiger charge is -2.19. The highest BCUT2D eigenvalue weighted by molar-refractivity contribution is 9.09. The number of carbonyl (C=O) groups excluding carboxylic acids is 1. The molecule has 0 radical (unpaired) electrons. The number of carbonyl (C=O) groups is 1. The number of hydrogen-bond acceptors (Lipinski definition) is 3. The van der Waals surface area contributed by atoms with Crippen LogP contribution in [0.25, 0.3) is 0 Å². The van der Waals surface area contributed by atoms with Crippen LogP contribution in [0, 0.1) is 0 Å². The lowest BCUT2D eigenvalue weighted by atomic mass is 10.2. The summed E-state index contributed by atoms with van der Waals surface area (Å²) in [5, 5.41) is 3.31. The third-order valence-electron chi connectivity index (χ3n) is 2.03. The van der Waals surface area contributed by atoms with E-state index in [0.29, 0.717) is 35.4 Å². The van der Waals surface area contributed by atoms with Crippen molar-refractivity contribution in [2.45, 2.75) is 0 Å². The number of alkyl halides is 1. The molecule has 0 aromatic heterocycles. The van der Waals surface area contributed by atoms with Crippen molar-refractivity contribution in [3.63, 3.8) is 0 Å². The Balaban J connectivity index is 2.28. The maximum absolute atomic E-state index is 11.2. The van der Waals surface area contributed by atoms with Crippen LogP contribution in [0.15, 0.2) is 12.1 Å². The molecule has 0 atom stereocenters. The lowest BCUT2D eigenvalue weighted by Crippen LogP contribution is -2.17. The Hall–Kier alpha value is -0.940. The number of ether oxygens (including phenoxy) is 2. The summed E-state index contributed by atoms with van der Waals surface area (Å²) in [7, 11) is 0. The van der Waals surface area contributed by atoms with E-state index in [4.69, 9.17) is 21.1 Å². The molecule has 0 saturated carbocycles. The van der Waals surface area contributed by atoms with Gasteiger partial charge in [-0.15, -0.1) is 0 Å². The third-order valence-corrected chi connectivity index (χ3v) is 2.85. The van der Waals surface area contributed by atoms with Gasteiger partial charge < -0.3 is 14.8 Å². The van der Waals surface area contributed by atoms with Gasteiger partial charge in [-0.05, 0) is 0 Å². The van der Waals surface area contributed by atoms with E-state index in [9.17, 15) is 4.79 Å². The SMILES string of the molecule is O=C(CBr)Nc1cc2c(cc1Cl)OCCO2. The Kier molecular flexibility index (Phi) is 3.56. The molecule has 0 unspecified atom stereocenters. The van der Waals surface area contributed by atoms with Gasteiger partial charge in [-0.2, -0.15) is 0 Å². The van der Waals surface area contributed by atoms with Gasteiger partial charge in [0, 0.05) is 12.1 Å². The van der Waals surface area contributed by atoms with Gasteiger partial charge in [-0.25, -0.2) is 0 Å². The fraction of sp³-hybridized carbons (Fsp3) is 0.300. The molecule has 0 saturated heterocycles. The molecular weight excluding hydrogens is 297 g/mol. The Bertz CT molecular complexity index is 425. The van der Waals surface area contributed by atoms with Crippen LogP contribution in [0.4, 0.5) is 5.69 Å². The van der Waals surface area contributed by atoms with Crippen LogP contribution in [-0.2, 0) is 4.79 Å². The van der Waals surface area contributed by atoms with Crippen LogP contribution in [0.3, 0.4) is 0 Å². The molecular formula is C10H9BrClNO3. The van der Waals surface area contributed by atoms with Crippen molar-refractivity contribution in [3.8, 4) is 11.5 Å². The molecule has 4 nitrogen and oxygen atoms in total. The molecule has 0 bridgehead atoms. The summed E-state index contributed by atoms with van der Waals surface area (Å²) in [4.78, 5) is 11.2. The molecule has 16 heavy (non-hydrogen) atoms. The number of amides is 1. The molecule has 6 heteroatoms. The van der Waals surface area contributed by atoms with Gasteiger partial charge in [0.25, 0.3) is 0 Å². The van der Waals surface area contributed by atoms with Crippen LogP contribution in [0.1, 0.15) is 0 Å². The standard InChI is InChI=1S/C10H9BrClNO3/c11-5-10(14)13-7-4-9-8(3-6(7)12)15-1-2-16-9/h3-4H,1-2,5H2,(H,13,14). The predicted molar refractivity (Wildman–Crippen MR) is 64.9 cm³/mol. The number of nitrogens with one attached hydrogen (secondary N) is 1. The number of halogens is 2. The van der Waals surface area contributed by atoms with Gasteiger partial charge in [0.05, 0.1) is 16.0 Å². The van der Waals surface area contributed by atoms with Gasteiger partial charge >= 0.3 is 0 Å². The summed E-state index contributed by atoms with van der Waals surface area (Å²) in [6.07, 6.45) is 0. The highest BCUT2D eigenvalue weighted by atomic mass is 79.9. The zero-order valence-electron chi connectivity index (χ0n) is 8.26. The number of fused-ring (bicyclic) bond motifs is 1. The third kappa shape index (κ3) is 2.41. The van der Waals surface area contributed by atoms with Crippen LogP contribution < -0.4 is 14.8 Å². The second-order valence-electron chi connectivity index (χ2n) is 3.16. The van der Waals surface area contributed by atoms with Gasteiger partial charge in [0.15, 0.2) is 11.5 Å². The number of rotatable bonds is 2. The van der Waals surface area contributed by atoms with Crippen molar-refractivity contribution >= 4 is 39.1 Å². The Labute approximate surface area is 106 Å². The van der Waals surface area contributed by atoms with Gasteiger partial charge in [0.1, 0.15) is 13.2 Å². The Morgan fingerprint density at radius 2 is 2.00 bits per heavy atom. The largest absolute Gasteiger partial charge is 0.486 e. The summed E-state index contributed by atoms with van der Waals surface area (Å²) >= 11 is 9.06. The summed E-state index contributed by atoms with van der Waals surface area (Å²) < 4.78 is 10.7. The van der Waals surface area contributed by atoms with E-state index in [-0.39, 0.29) is 11.2 Å². The minimum atomic E-state index is -0.168. The van der Waals surface area contributed by atoms with Crippen LogP contribution >= 0.6 is 27.5 Å². The van der Waals surface area contributed by atoms with Crippen molar-refractivity contribution in [1.29, 1.82) is 0 Å². The van der Waals surface area contributed by atoms with E-state index < -0.39 is 0 Å². The molecule has 1 heterocycles. The van der Waals surface area contributed by atoms with E-state index in [1.54, 1.807) is 12.1 Å². The second-order valence-corrected chi connectivity index (χ2v) is 4.13. The molecule has 1 aromatic carbocycles. The second kappa shape index (κ2) is 4.93. The van der Waals surface area contributed by atoms with E-state index in [0.717, 1.165) is 0 Å². The minimum absolute atomic E-state index is 0.168. The summed E-state index contributed by atoms with van der Waals surface area (Å²) in [5.41, 5.74) is 0.523. The van der Waals surface area contributed by atoms with E-state index in [2.05, 4.69) is 21.2 Å². The topological polar surface area (TPSA) is 47.6 Å². The number of benzene rings is 1. The normalized spacial score (nSPS) is 13.4. The van der Waals surface area contributed by atoms with Crippen molar-refractivity contribution in [2.75, 3.05) is 23.9 Å². The fourth-order valence-electron chi connectivity index (χ4n) is 1.34. The number of anilines is 1. The molecule has 1 amide bonds. The van der Waals surface area contributed by atoms with E-state index in [1.165, 1.54) is 0 Å². The van der Waals surface area contributed by atoms with Crippen molar-refractivity contribution in [3.05, 3.63) is 17.2 Å². The van der Waals surface area contributed by atoms with Gasteiger partial charge in [0.2, 0.25) is 5.91 Å². The predicted octanol–water partition coefficient (Wildman–Crippen LogP) is 2.44. The van der Waals surface area contributed by atoms with Gasteiger partial charge in [-0.3, -0.25) is 4.79 Å². The summed E-state index contributed by atoms with van der Waals surface area (Å²) in [6.45, 7) is 1.01. The van der Waals surface area contributed by atoms with E-state index in [1.807, 2.05) is 0 Å². The Morgan fingerprint density at radius 1 is 1.38 bits per heavy atom. The lowest BCUT2D eigenvalue weighted by molar-refractivity contribution is -0.113. The fourth-order valence-corrected chi connectivity index (χ4v) is 1.68. The first-order valence-corrected chi connectivity index (χ1v) is 6.15. The van der Waals surface area contributed by atoms with Crippen molar-refractivity contribution in [2.24, 2.45) is 0 Å². The maximum Gasteiger partial charge on any atom is 0.235 e. The molecule has 0 aliphatic carbocycles. The van der Waals surface area contributed by atoms with Crippen LogP contribution in [-0.4, -0.2) is 24.5 Å². The smallest absolute Gasteiger partial charge is 0.235 e. The average Bonchev–Trinajstić information content (AvgIpc) is 2.30. The first-order chi connectivity index (χ1) is 7.70. The minimum Gasteiger partial charge on any atom is -0.486 e. The highest BCUT2D eigenvalue weighted by Crippen LogP contribution is 2.37. The van der Waals surface area contributed by atoms with Crippen molar-refractivity contribution < 1.29 is 14.3 Å². The molecule has 1 aromatic rings. The number of hydrogen-bond donors (Lipinski definition) is 1. The molecule has 0 spiro atoms. The first kappa shape index (κ1) is 11.5. The zero-order chi connectivity index (χ0) is 11.5. The summed E-state index contributed by atoms with van der Waals surface area (Å²) in [5.74, 6) is 1.03.